The Balaban J connectivity index is 1.97. The van der Waals surface area contributed by atoms with Gasteiger partial charge in [-0.05, 0) is 44.4 Å². The maximum Gasteiger partial charge on any atom is 0.417 e. The first kappa shape index (κ1) is 21.8. The second-order valence-corrected chi connectivity index (χ2v) is 7.84. The van der Waals surface area contributed by atoms with Gasteiger partial charge in [0.1, 0.15) is 0 Å². The Labute approximate surface area is 172 Å². The number of carbonyl (C=O) groups is 1. The van der Waals surface area contributed by atoms with Crippen molar-refractivity contribution in [3.8, 4) is 0 Å². The second-order valence-electron chi connectivity index (χ2n) is 7.84. The number of nitrogens with two attached hydrogens (primary N) is 1. The van der Waals surface area contributed by atoms with Crippen LogP contribution in [0.15, 0.2) is 48.7 Å². The molecule has 0 aliphatic rings. The monoisotopic (exact) mass is 419 g/mol. The molecule has 6 nitrogen and oxygen atoms in total. The van der Waals surface area contributed by atoms with E-state index in [-0.39, 0.29) is 23.9 Å². The Bertz CT molecular complexity index is 1010. The average molecular weight is 419 g/mol. The highest BCUT2D eigenvalue weighted by Gasteiger charge is 2.33. The van der Waals surface area contributed by atoms with Gasteiger partial charge in [-0.2, -0.15) is 13.2 Å². The molecular formula is C21H24F3N5O. The highest BCUT2D eigenvalue weighted by molar-refractivity contribution is 5.82. The molecule has 2 aromatic heterocycles. The van der Waals surface area contributed by atoms with Crippen molar-refractivity contribution in [1.82, 2.24) is 19.9 Å². The third-order valence-corrected chi connectivity index (χ3v) is 5.06. The summed E-state index contributed by atoms with van der Waals surface area (Å²) < 4.78 is 40.9. The van der Waals surface area contributed by atoms with Gasteiger partial charge in [0.2, 0.25) is 5.91 Å². The zero-order chi connectivity index (χ0) is 21.9. The maximum absolute atomic E-state index is 13.2. The number of aromatic nitrogens is 3. The molecular weight excluding hydrogens is 395 g/mol. The van der Waals surface area contributed by atoms with E-state index in [0.29, 0.717) is 12.8 Å². The van der Waals surface area contributed by atoms with Crippen LogP contribution < -0.4 is 11.1 Å². The van der Waals surface area contributed by atoms with Crippen LogP contribution in [0.25, 0.3) is 5.65 Å². The predicted molar refractivity (Wildman–Crippen MR) is 106 cm³/mol. The van der Waals surface area contributed by atoms with Crippen molar-refractivity contribution in [2.45, 2.75) is 38.9 Å². The largest absolute Gasteiger partial charge is 0.417 e. The molecule has 30 heavy (non-hydrogen) atoms. The number of aryl methyl sites for hydroxylation is 1. The van der Waals surface area contributed by atoms with Crippen molar-refractivity contribution in [2.24, 2.45) is 11.1 Å². The molecule has 0 radical (unpaired) electrons. The van der Waals surface area contributed by atoms with Crippen molar-refractivity contribution in [2.75, 3.05) is 6.54 Å². The fourth-order valence-electron chi connectivity index (χ4n) is 2.98. The molecule has 1 amide bonds. The number of carbonyl (C=O) groups excluding carboxylic acids is 1. The molecule has 9 heteroatoms. The van der Waals surface area contributed by atoms with Gasteiger partial charge in [-0.1, -0.05) is 30.3 Å². The molecule has 0 unspecified atom stereocenters. The molecule has 3 N–H and O–H groups in total. The Hall–Kier alpha value is -2.94. The van der Waals surface area contributed by atoms with E-state index >= 15 is 0 Å². The number of amides is 1. The van der Waals surface area contributed by atoms with E-state index in [1.54, 1.807) is 13.8 Å². The van der Waals surface area contributed by atoms with Crippen LogP contribution in [0.5, 0.6) is 0 Å². The third kappa shape index (κ3) is 4.79. The number of pyridine rings is 1. The van der Waals surface area contributed by atoms with Crippen molar-refractivity contribution >= 4 is 11.6 Å². The van der Waals surface area contributed by atoms with Crippen LogP contribution in [-0.2, 0) is 17.4 Å². The number of hydrogen-bond donors (Lipinski definition) is 2. The highest BCUT2D eigenvalue weighted by Crippen LogP contribution is 2.30. The van der Waals surface area contributed by atoms with E-state index in [0.717, 1.165) is 17.8 Å². The van der Waals surface area contributed by atoms with Crippen LogP contribution in [-0.4, -0.2) is 27.0 Å². The van der Waals surface area contributed by atoms with E-state index in [9.17, 15) is 18.0 Å². The van der Waals surface area contributed by atoms with E-state index in [1.165, 1.54) is 10.5 Å². The summed E-state index contributed by atoms with van der Waals surface area (Å²) in [5.74, 6) is -0.0556. The fourth-order valence-corrected chi connectivity index (χ4v) is 2.98. The standard InChI is InChI=1S/C21H24F3N5O/c1-20(2,13-25)19(30)26-16(10-8-14-6-4-3-5-7-14)18-28-27-17-11-9-15(12-29(17)18)21(22,23)24/h3-7,9,11-12,16H,8,10,13,25H2,1-2H3,(H,26,30)/t16-/m1/s1. The summed E-state index contributed by atoms with van der Waals surface area (Å²) in [5, 5.41) is 11.0. The maximum atomic E-state index is 13.2. The lowest BCUT2D eigenvalue weighted by atomic mass is 9.92. The molecule has 1 aromatic carbocycles. The minimum Gasteiger partial charge on any atom is -0.346 e. The Morgan fingerprint density at radius 3 is 2.47 bits per heavy atom. The molecule has 3 aromatic rings. The number of rotatable bonds is 7. The number of nitrogens with one attached hydrogen (secondary N) is 1. The van der Waals surface area contributed by atoms with Crippen molar-refractivity contribution in [3.63, 3.8) is 0 Å². The lowest BCUT2D eigenvalue weighted by Gasteiger charge is -2.25. The van der Waals surface area contributed by atoms with Gasteiger partial charge in [0.25, 0.3) is 0 Å². The van der Waals surface area contributed by atoms with Crippen molar-refractivity contribution in [3.05, 3.63) is 65.6 Å². The summed E-state index contributed by atoms with van der Waals surface area (Å²) in [4.78, 5) is 12.7. The number of halogens is 3. The Kier molecular flexibility index (Phi) is 6.12. The van der Waals surface area contributed by atoms with Crippen LogP contribution >= 0.6 is 0 Å². The van der Waals surface area contributed by atoms with Gasteiger partial charge in [-0.15, -0.1) is 10.2 Å². The number of benzene rings is 1. The summed E-state index contributed by atoms with van der Waals surface area (Å²) in [6.07, 6.45) is -2.50. The minimum absolute atomic E-state index is 0.128. The van der Waals surface area contributed by atoms with Gasteiger partial charge in [0.05, 0.1) is 17.0 Å². The lowest BCUT2D eigenvalue weighted by molar-refractivity contribution is -0.138. The second kappa shape index (κ2) is 8.43. The number of alkyl halides is 3. The third-order valence-electron chi connectivity index (χ3n) is 5.06. The molecule has 0 saturated heterocycles. The molecule has 0 fully saturated rings. The first-order chi connectivity index (χ1) is 14.1. The molecule has 0 spiro atoms. The Morgan fingerprint density at radius 2 is 1.83 bits per heavy atom. The number of fused-ring (bicyclic) bond motifs is 1. The van der Waals surface area contributed by atoms with Gasteiger partial charge < -0.3 is 11.1 Å². The zero-order valence-corrected chi connectivity index (χ0v) is 16.8. The van der Waals surface area contributed by atoms with Crippen LogP contribution in [0.1, 0.15) is 43.3 Å². The molecule has 0 bridgehead atoms. The Morgan fingerprint density at radius 1 is 1.13 bits per heavy atom. The number of nitrogens with zero attached hydrogens (tertiary/aromatic N) is 3. The average Bonchev–Trinajstić information content (AvgIpc) is 3.14. The van der Waals surface area contributed by atoms with Gasteiger partial charge in [-0.3, -0.25) is 9.20 Å². The van der Waals surface area contributed by atoms with E-state index < -0.39 is 23.2 Å². The summed E-state index contributed by atoms with van der Waals surface area (Å²) in [6, 6.07) is 11.2. The van der Waals surface area contributed by atoms with Crippen LogP contribution in [0.3, 0.4) is 0 Å². The van der Waals surface area contributed by atoms with Gasteiger partial charge in [-0.25, -0.2) is 0 Å². The molecule has 160 valence electrons. The van der Waals surface area contributed by atoms with Crippen LogP contribution in [0.4, 0.5) is 13.2 Å². The molecule has 1 atom stereocenters. The van der Waals surface area contributed by atoms with Gasteiger partial charge >= 0.3 is 6.18 Å². The lowest BCUT2D eigenvalue weighted by Crippen LogP contribution is -2.43. The summed E-state index contributed by atoms with van der Waals surface area (Å²) in [6.45, 7) is 3.55. The first-order valence-electron chi connectivity index (χ1n) is 9.58. The van der Waals surface area contributed by atoms with Gasteiger partial charge in [0.15, 0.2) is 11.5 Å². The molecule has 3 rings (SSSR count). The molecule has 2 heterocycles. The smallest absolute Gasteiger partial charge is 0.346 e. The summed E-state index contributed by atoms with van der Waals surface area (Å²) in [7, 11) is 0. The van der Waals surface area contributed by atoms with Gasteiger partial charge in [0, 0.05) is 12.7 Å². The normalized spacial score (nSPS) is 13.4. The SMILES string of the molecule is CC(C)(CN)C(=O)N[C@H](CCc1ccccc1)c1nnc2ccc(C(F)(F)F)cn12. The predicted octanol–water partition coefficient (Wildman–Crippen LogP) is 3.52. The number of hydrogen-bond acceptors (Lipinski definition) is 4. The van der Waals surface area contributed by atoms with Crippen LogP contribution in [0.2, 0.25) is 0 Å². The first-order valence-corrected chi connectivity index (χ1v) is 9.58. The molecule has 0 aliphatic heterocycles. The fraction of sp³-hybridized carbons (Fsp3) is 0.381. The van der Waals surface area contributed by atoms with Crippen molar-refractivity contribution in [1.29, 1.82) is 0 Å². The van der Waals surface area contributed by atoms with E-state index in [1.807, 2.05) is 30.3 Å². The summed E-state index contributed by atoms with van der Waals surface area (Å²) in [5.41, 5.74) is 5.38. The summed E-state index contributed by atoms with van der Waals surface area (Å²) >= 11 is 0. The zero-order valence-electron chi connectivity index (χ0n) is 16.8. The van der Waals surface area contributed by atoms with E-state index in [2.05, 4.69) is 15.5 Å². The highest BCUT2D eigenvalue weighted by atomic mass is 19.4. The van der Waals surface area contributed by atoms with Crippen molar-refractivity contribution < 1.29 is 18.0 Å². The van der Waals surface area contributed by atoms with Crippen LogP contribution in [0, 0.1) is 5.41 Å². The minimum atomic E-state index is -4.50. The van der Waals surface area contributed by atoms with E-state index in [4.69, 9.17) is 5.73 Å². The topological polar surface area (TPSA) is 85.3 Å². The molecule has 0 saturated carbocycles. The quantitative estimate of drug-likeness (QED) is 0.614. The molecule has 0 aliphatic carbocycles.